The van der Waals surface area contributed by atoms with Gasteiger partial charge in [0.05, 0.1) is 12.2 Å². The van der Waals surface area contributed by atoms with Crippen molar-refractivity contribution < 1.29 is 18.7 Å². The largest absolute Gasteiger partial charge is 0.492 e. The van der Waals surface area contributed by atoms with Gasteiger partial charge in [0.2, 0.25) is 5.91 Å². The van der Waals surface area contributed by atoms with Gasteiger partial charge in [0.1, 0.15) is 11.6 Å². The molecule has 24 heavy (non-hydrogen) atoms. The minimum atomic E-state index is -0.466. The lowest BCUT2D eigenvalue weighted by Gasteiger charge is -2.05. The summed E-state index contributed by atoms with van der Waals surface area (Å²) in [6.07, 6.45) is 2.21. The van der Waals surface area contributed by atoms with Gasteiger partial charge >= 0.3 is 0 Å². The first kappa shape index (κ1) is 15.9. The first-order valence-corrected chi connectivity index (χ1v) is 7.58. The highest BCUT2D eigenvalue weighted by atomic mass is 19.1. The van der Waals surface area contributed by atoms with Crippen LogP contribution >= 0.6 is 0 Å². The van der Waals surface area contributed by atoms with E-state index in [1.165, 1.54) is 25.1 Å². The van der Waals surface area contributed by atoms with E-state index in [4.69, 9.17) is 4.74 Å². The van der Waals surface area contributed by atoms with Crippen LogP contribution in [0.15, 0.2) is 48.0 Å². The summed E-state index contributed by atoms with van der Waals surface area (Å²) in [5, 5.41) is 2.69. The minimum Gasteiger partial charge on any atom is -0.492 e. The van der Waals surface area contributed by atoms with Crippen LogP contribution in [0, 0.1) is 5.82 Å². The number of halogens is 1. The molecule has 1 aliphatic rings. The predicted octanol–water partition coefficient (Wildman–Crippen LogP) is 3.83. The van der Waals surface area contributed by atoms with Crippen molar-refractivity contribution in [3.8, 4) is 5.75 Å². The van der Waals surface area contributed by atoms with Crippen molar-refractivity contribution in [3.05, 3.63) is 65.0 Å². The number of anilines is 1. The SMILES string of the molecule is CC(=O)Nc1ccc(/C=C2\CCOc3ccc(F)cc3C2=O)cc1. The number of ketones is 1. The van der Waals surface area contributed by atoms with E-state index < -0.39 is 5.82 Å². The van der Waals surface area contributed by atoms with Crippen molar-refractivity contribution >= 4 is 23.5 Å². The topological polar surface area (TPSA) is 55.4 Å². The smallest absolute Gasteiger partial charge is 0.221 e. The molecule has 0 unspecified atom stereocenters. The lowest BCUT2D eigenvalue weighted by Crippen LogP contribution is -2.05. The Morgan fingerprint density at radius 1 is 1.21 bits per heavy atom. The molecule has 1 amide bonds. The standard InChI is InChI=1S/C19H16FNO3/c1-12(22)21-16-5-2-13(3-6-16)10-14-8-9-24-18-7-4-15(20)11-17(18)19(14)23/h2-7,10-11H,8-9H2,1H3,(H,21,22)/b14-10+. The molecule has 0 fully saturated rings. The summed E-state index contributed by atoms with van der Waals surface area (Å²) in [6.45, 7) is 1.80. The van der Waals surface area contributed by atoms with Gasteiger partial charge in [0, 0.05) is 24.6 Å². The van der Waals surface area contributed by atoms with Gasteiger partial charge in [0.15, 0.2) is 5.78 Å². The van der Waals surface area contributed by atoms with E-state index in [1.807, 2.05) is 12.1 Å². The summed E-state index contributed by atoms with van der Waals surface area (Å²) >= 11 is 0. The van der Waals surface area contributed by atoms with Crippen molar-refractivity contribution in [2.45, 2.75) is 13.3 Å². The Morgan fingerprint density at radius 3 is 2.67 bits per heavy atom. The van der Waals surface area contributed by atoms with E-state index in [9.17, 15) is 14.0 Å². The van der Waals surface area contributed by atoms with Crippen LogP contribution in [0.3, 0.4) is 0 Å². The van der Waals surface area contributed by atoms with Crippen LogP contribution in [-0.2, 0) is 4.79 Å². The van der Waals surface area contributed by atoms with E-state index in [0.29, 0.717) is 30.0 Å². The Kier molecular flexibility index (Phi) is 4.42. The highest BCUT2D eigenvalue weighted by Crippen LogP contribution is 2.28. The van der Waals surface area contributed by atoms with Crippen molar-refractivity contribution in [2.75, 3.05) is 11.9 Å². The Hall–Kier alpha value is -2.95. The van der Waals surface area contributed by atoms with Gasteiger partial charge < -0.3 is 10.1 Å². The Morgan fingerprint density at radius 2 is 1.96 bits per heavy atom. The number of carbonyl (C=O) groups is 2. The zero-order valence-corrected chi connectivity index (χ0v) is 13.1. The predicted molar refractivity (Wildman–Crippen MR) is 89.6 cm³/mol. The molecule has 0 atom stereocenters. The average molecular weight is 325 g/mol. The first-order valence-electron chi connectivity index (χ1n) is 7.58. The Labute approximate surface area is 138 Å². The van der Waals surface area contributed by atoms with Crippen LogP contribution in [-0.4, -0.2) is 18.3 Å². The lowest BCUT2D eigenvalue weighted by molar-refractivity contribution is -0.114. The number of ether oxygens (including phenoxy) is 1. The second kappa shape index (κ2) is 6.66. The van der Waals surface area contributed by atoms with Gasteiger partial charge in [-0.2, -0.15) is 0 Å². The fraction of sp³-hybridized carbons (Fsp3) is 0.158. The summed E-state index contributed by atoms with van der Waals surface area (Å²) < 4.78 is 19.0. The van der Waals surface area contributed by atoms with Crippen molar-refractivity contribution in [1.29, 1.82) is 0 Å². The summed E-state index contributed by atoms with van der Waals surface area (Å²) in [5.74, 6) is -0.429. The summed E-state index contributed by atoms with van der Waals surface area (Å²) in [6, 6.07) is 11.1. The fourth-order valence-corrected chi connectivity index (χ4v) is 2.57. The van der Waals surface area contributed by atoms with Gasteiger partial charge in [-0.3, -0.25) is 9.59 Å². The van der Waals surface area contributed by atoms with Crippen LogP contribution in [0.1, 0.15) is 29.3 Å². The van der Waals surface area contributed by atoms with E-state index in [1.54, 1.807) is 18.2 Å². The number of hydrogen-bond acceptors (Lipinski definition) is 3. The van der Waals surface area contributed by atoms with Crippen LogP contribution in [0.5, 0.6) is 5.75 Å². The maximum atomic E-state index is 13.4. The van der Waals surface area contributed by atoms with Crippen molar-refractivity contribution in [1.82, 2.24) is 0 Å². The molecule has 0 aromatic heterocycles. The molecule has 1 heterocycles. The van der Waals surface area contributed by atoms with Crippen molar-refractivity contribution in [3.63, 3.8) is 0 Å². The van der Waals surface area contributed by atoms with Gasteiger partial charge in [-0.15, -0.1) is 0 Å². The highest BCUT2D eigenvalue weighted by Gasteiger charge is 2.21. The number of nitrogens with one attached hydrogen (secondary N) is 1. The van der Waals surface area contributed by atoms with E-state index in [-0.39, 0.29) is 17.3 Å². The van der Waals surface area contributed by atoms with Gasteiger partial charge in [0.25, 0.3) is 0 Å². The molecule has 1 N–H and O–H groups in total. The molecule has 0 bridgehead atoms. The number of Topliss-reactive ketones (excluding diaryl/α,β-unsaturated/α-hetero) is 1. The van der Waals surface area contributed by atoms with E-state index in [2.05, 4.69) is 5.32 Å². The quantitative estimate of drug-likeness (QED) is 0.854. The third kappa shape index (κ3) is 3.51. The molecule has 0 saturated carbocycles. The molecule has 0 saturated heterocycles. The van der Waals surface area contributed by atoms with Crippen molar-refractivity contribution in [2.24, 2.45) is 0 Å². The molecule has 4 nitrogen and oxygen atoms in total. The fourth-order valence-electron chi connectivity index (χ4n) is 2.57. The van der Waals surface area contributed by atoms with Crippen LogP contribution in [0.4, 0.5) is 10.1 Å². The molecule has 1 aliphatic heterocycles. The highest BCUT2D eigenvalue weighted by molar-refractivity contribution is 6.13. The monoisotopic (exact) mass is 325 g/mol. The molecule has 3 rings (SSSR count). The normalized spacial score (nSPS) is 15.4. The molecule has 0 spiro atoms. The Balaban J connectivity index is 1.89. The Bertz CT molecular complexity index is 825. The number of hydrogen-bond donors (Lipinski definition) is 1. The van der Waals surface area contributed by atoms with E-state index in [0.717, 1.165) is 5.56 Å². The number of fused-ring (bicyclic) bond motifs is 1. The first-order chi connectivity index (χ1) is 11.5. The number of carbonyl (C=O) groups excluding carboxylic acids is 2. The number of amides is 1. The average Bonchev–Trinajstić information content (AvgIpc) is 2.69. The van der Waals surface area contributed by atoms with E-state index >= 15 is 0 Å². The molecule has 2 aromatic rings. The second-order valence-corrected chi connectivity index (χ2v) is 5.54. The molecule has 0 radical (unpaired) electrons. The molecular formula is C19H16FNO3. The third-order valence-electron chi connectivity index (χ3n) is 3.68. The number of rotatable bonds is 2. The van der Waals surface area contributed by atoms with Gasteiger partial charge in [-0.05, 0) is 42.0 Å². The summed E-state index contributed by atoms with van der Waals surface area (Å²) in [4.78, 5) is 23.7. The number of benzene rings is 2. The molecule has 122 valence electrons. The second-order valence-electron chi connectivity index (χ2n) is 5.54. The lowest BCUT2D eigenvalue weighted by atomic mass is 9.99. The minimum absolute atomic E-state index is 0.143. The zero-order chi connectivity index (χ0) is 17.1. The summed E-state index contributed by atoms with van der Waals surface area (Å²) in [5.41, 5.74) is 2.32. The van der Waals surface area contributed by atoms with Gasteiger partial charge in [-0.1, -0.05) is 12.1 Å². The van der Waals surface area contributed by atoms with Crippen LogP contribution < -0.4 is 10.1 Å². The molecule has 2 aromatic carbocycles. The van der Waals surface area contributed by atoms with Gasteiger partial charge in [-0.25, -0.2) is 4.39 Å². The summed E-state index contributed by atoms with van der Waals surface area (Å²) in [7, 11) is 0. The zero-order valence-electron chi connectivity index (χ0n) is 13.1. The maximum Gasteiger partial charge on any atom is 0.221 e. The molecule has 0 aliphatic carbocycles. The maximum absolute atomic E-state index is 13.4. The molecule has 5 heteroatoms. The van der Waals surface area contributed by atoms with Crippen LogP contribution in [0.25, 0.3) is 6.08 Å². The third-order valence-corrected chi connectivity index (χ3v) is 3.68. The molecular weight excluding hydrogens is 309 g/mol. The van der Waals surface area contributed by atoms with Crippen LogP contribution in [0.2, 0.25) is 0 Å².